The second kappa shape index (κ2) is 7.86. The summed E-state index contributed by atoms with van der Waals surface area (Å²) in [5.74, 6) is -1.08. The van der Waals surface area contributed by atoms with Crippen LogP contribution < -0.4 is 4.74 Å². The Morgan fingerprint density at radius 3 is 2.47 bits per heavy atom. The van der Waals surface area contributed by atoms with E-state index < -0.39 is 12.6 Å². The highest BCUT2D eigenvalue weighted by Crippen LogP contribution is 2.27. The minimum Gasteiger partial charge on any atom is -0.464 e. The Balaban J connectivity index is 1.86. The molecule has 2 aromatic carbocycles. The molecule has 0 unspecified atom stereocenters. The smallest absolute Gasteiger partial charge is 0.387 e. The normalized spacial score (nSPS) is 11.1. The predicted octanol–water partition coefficient (Wildman–Crippen LogP) is 4.59. The molecule has 0 aliphatic carbocycles. The number of carbonyl (C=O) groups is 1. The lowest BCUT2D eigenvalue weighted by Gasteiger charge is -2.09. The van der Waals surface area contributed by atoms with Crippen molar-refractivity contribution < 1.29 is 27.4 Å². The minimum atomic E-state index is -2.96. The summed E-state index contributed by atoms with van der Waals surface area (Å²) < 4.78 is 48.9. The zero-order chi connectivity index (χ0) is 21.3. The van der Waals surface area contributed by atoms with Gasteiger partial charge in [0, 0.05) is 17.2 Å². The number of fused-ring (bicyclic) bond motifs is 1. The monoisotopic (exact) mass is 413 g/mol. The first-order chi connectivity index (χ1) is 14.4. The zero-order valence-electron chi connectivity index (χ0n) is 15.6. The third kappa shape index (κ3) is 3.82. The van der Waals surface area contributed by atoms with Gasteiger partial charge < -0.3 is 9.47 Å². The van der Waals surface area contributed by atoms with Crippen molar-refractivity contribution in [1.82, 2.24) is 14.6 Å². The van der Waals surface area contributed by atoms with Crippen LogP contribution in [0, 0.1) is 5.82 Å². The van der Waals surface area contributed by atoms with E-state index in [1.165, 1.54) is 48.0 Å². The quantitative estimate of drug-likeness (QED) is 0.448. The van der Waals surface area contributed by atoms with Crippen molar-refractivity contribution in [3.05, 3.63) is 72.2 Å². The van der Waals surface area contributed by atoms with E-state index in [-0.39, 0.29) is 17.3 Å². The van der Waals surface area contributed by atoms with Gasteiger partial charge in [0.1, 0.15) is 11.6 Å². The maximum Gasteiger partial charge on any atom is 0.387 e. The highest BCUT2D eigenvalue weighted by atomic mass is 19.3. The fraction of sp³-hybridized carbons (Fsp3) is 0.0952. The van der Waals surface area contributed by atoms with Gasteiger partial charge >= 0.3 is 12.6 Å². The van der Waals surface area contributed by atoms with E-state index in [1.54, 1.807) is 24.3 Å². The number of hydrogen-bond donors (Lipinski definition) is 0. The molecule has 6 nitrogen and oxygen atoms in total. The van der Waals surface area contributed by atoms with E-state index in [0.717, 1.165) is 0 Å². The number of carbonyl (C=O) groups excluding carboxylic acids is 1. The molecule has 0 bridgehead atoms. The molecule has 0 aliphatic rings. The molecular weight excluding hydrogens is 399 g/mol. The van der Waals surface area contributed by atoms with E-state index in [4.69, 9.17) is 4.74 Å². The highest BCUT2D eigenvalue weighted by molar-refractivity contribution is 5.90. The van der Waals surface area contributed by atoms with E-state index >= 15 is 0 Å². The van der Waals surface area contributed by atoms with Gasteiger partial charge in [0.25, 0.3) is 0 Å². The van der Waals surface area contributed by atoms with Crippen LogP contribution in [0.25, 0.3) is 28.2 Å². The van der Waals surface area contributed by atoms with Crippen molar-refractivity contribution in [2.45, 2.75) is 6.61 Å². The molecule has 0 radical (unpaired) electrons. The van der Waals surface area contributed by atoms with Crippen LogP contribution in [0.5, 0.6) is 5.75 Å². The number of ether oxygens (including phenoxy) is 2. The van der Waals surface area contributed by atoms with Gasteiger partial charge in [-0.05, 0) is 42.5 Å². The first-order valence-electron chi connectivity index (χ1n) is 8.75. The summed E-state index contributed by atoms with van der Waals surface area (Å²) >= 11 is 0. The molecule has 0 spiro atoms. The number of hydrogen-bond acceptors (Lipinski definition) is 5. The number of aromatic nitrogens is 3. The molecule has 9 heteroatoms. The summed E-state index contributed by atoms with van der Waals surface area (Å²) in [5, 5.41) is 4.38. The van der Waals surface area contributed by atoms with Crippen molar-refractivity contribution in [3.63, 3.8) is 0 Å². The number of alkyl halides is 2. The van der Waals surface area contributed by atoms with Crippen molar-refractivity contribution >= 4 is 11.6 Å². The fourth-order valence-electron chi connectivity index (χ4n) is 2.97. The fourth-order valence-corrected chi connectivity index (χ4v) is 2.97. The SMILES string of the molecule is COC(=O)c1cc(-c2cccc(OC(F)F)c2)nc2cc(-c3ccc(F)cc3)nn12. The molecule has 0 N–H and O–H groups in total. The lowest BCUT2D eigenvalue weighted by molar-refractivity contribution is -0.0498. The van der Waals surface area contributed by atoms with E-state index in [0.29, 0.717) is 28.2 Å². The molecule has 0 aliphatic heterocycles. The van der Waals surface area contributed by atoms with Gasteiger partial charge in [-0.15, -0.1) is 0 Å². The standard InChI is InChI=1S/C21H14F3N3O3/c1-29-20(28)18-10-16(13-3-2-4-15(9-13)30-21(23)24)25-19-11-17(26-27(18)19)12-5-7-14(22)8-6-12/h2-11,21H,1H3. The summed E-state index contributed by atoms with van der Waals surface area (Å²) in [6, 6.07) is 14.8. The Hall–Kier alpha value is -3.88. The molecule has 4 rings (SSSR count). The average molecular weight is 413 g/mol. The first kappa shape index (κ1) is 19.4. The van der Waals surface area contributed by atoms with Gasteiger partial charge in [-0.3, -0.25) is 0 Å². The summed E-state index contributed by atoms with van der Waals surface area (Å²) in [7, 11) is 1.23. The molecule has 30 heavy (non-hydrogen) atoms. The Labute approximate surface area is 168 Å². The Morgan fingerprint density at radius 2 is 1.77 bits per heavy atom. The molecule has 2 heterocycles. The van der Waals surface area contributed by atoms with Crippen molar-refractivity contribution in [1.29, 1.82) is 0 Å². The van der Waals surface area contributed by atoms with Crippen LogP contribution in [-0.4, -0.2) is 34.3 Å². The van der Waals surface area contributed by atoms with Gasteiger partial charge in [0.05, 0.1) is 18.5 Å². The summed E-state index contributed by atoms with van der Waals surface area (Å²) in [6.07, 6.45) is 0. The van der Waals surface area contributed by atoms with Crippen molar-refractivity contribution in [2.24, 2.45) is 0 Å². The van der Waals surface area contributed by atoms with Crippen molar-refractivity contribution in [3.8, 4) is 28.3 Å². The Morgan fingerprint density at radius 1 is 1.00 bits per heavy atom. The first-order valence-corrected chi connectivity index (χ1v) is 8.75. The molecule has 0 saturated carbocycles. The van der Waals surface area contributed by atoms with Gasteiger partial charge in [0.15, 0.2) is 11.3 Å². The molecule has 0 atom stereocenters. The van der Waals surface area contributed by atoms with Gasteiger partial charge in [-0.1, -0.05) is 12.1 Å². The molecule has 0 saturated heterocycles. The molecular formula is C21H14F3N3O3. The number of esters is 1. The average Bonchev–Trinajstić information content (AvgIpc) is 3.17. The third-order valence-corrected chi connectivity index (χ3v) is 4.32. The summed E-state index contributed by atoms with van der Waals surface area (Å²) in [5.41, 5.74) is 2.32. The van der Waals surface area contributed by atoms with Gasteiger partial charge in [-0.25, -0.2) is 18.7 Å². The van der Waals surface area contributed by atoms with Crippen LogP contribution in [0.4, 0.5) is 13.2 Å². The maximum atomic E-state index is 13.2. The molecule has 0 amide bonds. The second-order valence-electron chi connectivity index (χ2n) is 6.23. The van der Waals surface area contributed by atoms with Crippen LogP contribution in [-0.2, 0) is 4.74 Å². The molecule has 2 aromatic heterocycles. The van der Waals surface area contributed by atoms with Crippen LogP contribution in [0.15, 0.2) is 60.7 Å². The molecule has 0 fully saturated rings. The highest BCUT2D eigenvalue weighted by Gasteiger charge is 2.18. The maximum absolute atomic E-state index is 13.2. The van der Waals surface area contributed by atoms with Crippen LogP contribution in [0.1, 0.15) is 10.5 Å². The number of nitrogens with zero attached hydrogens (tertiary/aromatic N) is 3. The second-order valence-corrected chi connectivity index (χ2v) is 6.23. The van der Waals surface area contributed by atoms with Gasteiger partial charge in [0.2, 0.25) is 0 Å². The largest absolute Gasteiger partial charge is 0.464 e. The topological polar surface area (TPSA) is 65.7 Å². The lowest BCUT2D eigenvalue weighted by atomic mass is 10.1. The van der Waals surface area contributed by atoms with Crippen LogP contribution in [0.3, 0.4) is 0 Å². The van der Waals surface area contributed by atoms with Gasteiger partial charge in [-0.2, -0.15) is 13.9 Å². The molecule has 4 aromatic rings. The Bertz CT molecular complexity index is 1220. The van der Waals surface area contributed by atoms with Crippen LogP contribution in [0.2, 0.25) is 0 Å². The minimum absolute atomic E-state index is 0.0377. The van der Waals surface area contributed by atoms with Crippen LogP contribution >= 0.6 is 0 Å². The van der Waals surface area contributed by atoms with Crippen molar-refractivity contribution in [2.75, 3.05) is 7.11 Å². The van der Waals surface area contributed by atoms with E-state index in [2.05, 4.69) is 14.8 Å². The molecule has 152 valence electrons. The number of rotatable bonds is 5. The predicted molar refractivity (Wildman–Crippen MR) is 102 cm³/mol. The van der Waals surface area contributed by atoms with E-state index in [9.17, 15) is 18.0 Å². The van der Waals surface area contributed by atoms with E-state index in [1.807, 2.05) is 0 Å². The number of halogens is 3. The third-order valence-electron chi connectivity index (χ3n) is 4.32. The number of benzene rings is 2. The summed E-state index contributed by atoms with van der Waals surface area (Å²) in [4.78, 5) is 16.8. The Kier molecular flexibility index (Phi) is 5.09. The summed E-state index contributed by atoms with van der Waals surface area (Å²) in [6.45, 7) is -2.96. The zero-order valence-corrected chi connectivity index (χ0v) is 15.6. The number of methoxy groups -OCH3 is 1. The lowest BCUT2D eigenvalue weighted by Crippen LogP contribution is -2.10.